The number of alkyl halides is 1. The SMILES string of the molecule is CC(C)(C)[I+]c1ccccc1C(C)(C)C. The second-order valence-electron chi connectivity index (χ2n) is 5.89. The van der Waals surface area contributed by atoms with Gasteiger partial charge in [0.1, 0.15) is 0 Å². The number of benzene rings is 1. The summed E-state index contributed by atoms with van der Waals surface area (Å²) in [6.07, 6.45) is 0. The monoisotopic (exact) mass is 317 g/mol. The molecule has 0 fully saturated rings. The molecule has 0 aliphatic carbocycles. The summed E-state index contributed by atoms with van der Waals surface area (Å²) in [6, 6.07) is 8.95. The predicted octanol–water partition coefficient (Wildman–Crippen LogP) is 1.04. The lowest BCUT2D eigenvalue weighted by atomic mass is 9.87. The largest absolute Gasteiger partial charge is 0.319 e. The molecule has 0 unspecified atom stereocenters. The fourth-order valence-corrected chi connectivity index (χ4v) is 4.87. The van der Waals surface area contributed by atoms with Gasteiger partial charge in [-0.2, -0.15) is 0 Å². The van der Waals surface area contributed by atoms with Crippen LogP contribution in [0.2, 0.25) is 0 Å². The lowest BCUT2D eigenvalue weighted by Crippen LogP contribution is -3.67. The van der Waals surface area contributed by atoms with Crippen molar-refractivity contribution in [3.8, 4) is 0 Å². The van der Waals surface area contributed by atoms with E-state index in [4.69, 9.17) is 0 Å². The van der Waals surface area contributed by atoms with Crippen molar-refractivity contribution in [2.24, 2.45) is 0 Å². The molecule has 0 heterocycles. The van der Waals surface area contributed by atoms with E-state index in [0.717, 1.165) is 0 Å². The molecule has 1 heteroatoms. The van der Waals surface area contributed by atoms with Crippen LogP contribution in [0.4, 0.5) is 0 Å². The van der Waals surface area contributed by atoms with Crippen LogP contribution in [-0.4, -0.2) is 3.42 Å². The van der Waals surface area contributed by atoms with Crippen LogP contribution in [0.25, 0.3) is 0 Å². The minimum Gasteiger partial charge on any atom is -0.0616 e. The Hall–Kier alpha value is -0.0500. The van der Waals surface area contributed by atoms with E-state index in [2.05, 4.69) is 65.8 Å². The predicted molar refractivity (Wildman–Crippen MR) is 63.6 cm³/mol. The maximum absolute atomic E-state index is 2.35. The Kier molecular flexibility index (Phi) is 3.85. The number of rotatable bonds is 1. The second-order valence-corrected chi connectivity index (χ2v) is 10.8. The molecule has 0 aromatic heterocycles. The van der Waals surface area contributed by atoms with Gasteiger partial charge in [-0.1, -0.05) is 39.0 Å². The molecule has 0 aliphatic heterocycles. The van der Waals surface area contributed by atoms with Gasteiger partial charge in [0.15, 0.2) is 6.99 Å². The molecule has 0 radical (unpaired) electrons. The third-order valence-corrected chi connectivity index (χ3v) is 5.21. The molecule has 0 N–H and O–H groups in total. The van der Waals surface area contributed by atoms with Crippen molar-refractivity contribution in [2.75, 3.05) is 0 Å². The first-order valence-corrected chi connectivity index (χ1v) is 7.61. The molecule has 84 valence electrons. The Morgan fingerprint density at radius 3 is 1.87 bits per heavy atom. The van der Waals surface area contributed by atoms with Crippen molar-refractivity contribution in [2.45, 2.75) is 50.4 Å². The molecule has 0 amide bonds. The minimum absolute atomic E-state index is 0.0959. The van der Waals surface area contributed by atoms with Crippen molar-refractivity contribution in [3.05, 3.63) is 33.4 Å². The van der Waals surface area contributed by atoms with Gasteiger partial charge in [0.2, 0.25) is 0 Å². The lowest BCUT2D eigenvalue weighted by Gasteiger charge is -2.19. The summed E-state index contributed by atoms with van der Waals surface area (Å²) < 4.78 is 2.08. The Labute approximate surface area is 105 Å². The summed E-state index contributed by atoms with van der Waals surface area (Å²) in [6.45, 7) is 14.0. The molecule has 0 atom stereocenters. The Balaban J connectivity index is 3.08. The van der Waals surface area contributed by atoms with Gasteiger partial charge >= 0.3 is 21.2 Å². The highest BCUT2D eigenvalue weighted by atomic mass is 127. The first-order valence-electron chi connectivity index (χ1n) is 5.46. The van der Waals surface area contributed by atoms with Crippen molar-refractivity contribution >= 4 is 0 Å². The highest BCUT2D eigenvalue weighted by Crippen LogP contribution is 2.21. The normalized spacial score (nSPS) is 12.9. The van der Waals surface area contributed by atoms with E-state index in [1.165, 1.54) is 5.56 Å². The zero-order valence-corrected chi connectivity index (χ0v) is 12.8. The van der Waals surface area contributed by atoms with Gasteiger partial charge in [-0.25, -0.2) is 0 Å². The molecule has 0 aliphatic rings. The molecule has 1 aromatic carbocycles. The summed E-state index contributed by atoms with van der Waals surface area (Å²) in [4.78, 5) is 0. The fourth-order valence-electron chi connectivity index (χ4n) is 1.46. The summed E-state index contributed by atoms with van der Waals surface area (Å²) in [5.74, 6) is 0. The van der Waals surface area contributed by atoms with Gasteiger partial charge in [-0.15, -0.1) is 0 Å². The Morgan fingerprint density at radius 1 is 0.867 bits per heavy atom. The Bertz CT molecular complexity index is 326. The van der Waals surface area contributed by atoms with Gasteiger partial charge < -0.3 is 0 Å². The first-order chi connectivity index (χ1) is 6.70. The second kappa shape index (κ2) is 4.44. The van der Waals surface area contributed by atoms with Crippen LogP contribution in [-0.2, 0) is 5.41 Å². The highest BCUT2D eigenvalue weighted by Gasteiger charge is 2.33. The maximum atomic E-state index is 2.35. The van der Waals surface area contributed by atoms with Crippen LogP contribution in [0.15, 0.2) is 24.3 Å². The average molecular weight is 317 g/mol. The van der Waals surface area contributed by atoms with Crippen LogP contribution in [0.3, 0.4) is 0 Å². The van der Waals surface area contributed by atoms with Crippen molar-refractivity contribution in [3.63, 3.8) is 0 Å². The standard InChI is InChI=1S/C14H22I/c1-13(2,3)11-9-7-8-10-12(11)15-14(4,5)6/h7-10H,1-6H3/q+1. The Morgan fingerprint density at radius 2 is 1.40 bits per heavy atom. The molecule has 0 spiro atoms. The number of hydrogen-bond donors (Lipinski definition) is 0. The molecule has 0 saturated heterocycles. The van der Waals surface area contributed by atoms with Crippen LogP contribution in [0.5, 0.6) is 0 Å². The third kappa shape index (κ3) is 4.13. The zero-order chi connectivity index (χ0) is 11.7. The van der Waals surface area contributed by atoms with Crippen LogP contribution in [0.1, 0.15) is 47.1 Å². The summed E-state index contributed by atoms with van der Waals surface area (Å²) in [7, 11) is 0. The highest BCUT2D eigenvalue weighted by molar-refractivity contribution is 5.21. The van der Waals surface area contributed by atoms with E-state index in [1.807, 2.05) is 0 Å². The smallest absolute Gasteiger partial charge is 0.0616 e. The van der Waals surface area contributed by atoms with Crippen molar-refractivity contribution < 1.29 is 21.2 Å². The van der Waals surface area contributed by atoms with Gasteiger partial charge in [0.25, 0.3) is 0 Å². The molecular formula is C14H22I+. The van der Waals surface area contributed by atoms with E-state index in [9.17, 15) is 0 Å². The molecule has 0 nitrogen and oxygen atoms in total. The zero-order valence-electron chi connectivity index (χ0n) is 10.7. The molecule has 15 heavy (non-hydrogen) atoms. The topological polar surface area (TPSA) is 0 Å². The van der Waals surface area contributed by atoms with Gasteiger partial charge in [0.05, 0.1) is 0 Å². The van der Waals surface area contributed by atoms with Crippen LogP contribution < -0.4 is 21.2 Å². The minimum atomic E-state index is 0.0959. The molecular weight excluding hydrogens is 295 g/mol. The van der Waals surface area contributed by atoms with Crippen molar-refractivity contribution in [1.29, 1.82) is 0 Å². The quantitative estimate of drug-likeness (QED) is 0.536. The molecule has 1 rings (SSSR count). The summed E-state index contributed by atoms with van der Waals surface area (Å²) in [5, 5.41) is 0. The van der Waals surface area contributed by atoms with Crippen LogP contribution in [0, 0.1) is 3.57 Å². The molecule has 0 bridgehead atoms. The van der Waals surface area contributed by atoms with E-state index in [-0.39, 0.29) is 26.6 Å². The molecule has 1 aromatic rings. The first kappa shape index (κ1) is 13.0. The maximum Gasteiger partial charge on any atom is 0.319 e. The summed E-state index contributed by atoms with van der Waals surface area (Å²) >= 11 is 0.0959. The fraction of sp³-hybridized carbons (Fsp3) is 0.571. The van der Waals surface area contributed by atoms with Gasteiger partial charge in [0, 0.05) is 5.56 Å². The van der Waals surface area contributed by atoms with E-state index in [1.54, 1.807) is 3.57 Å². The van der Waals surface area contributed by atoms with Gasteiger partial charge in [-0.05, 0) is 32.3 Å². The van der Waals surface area contributed by atoms with E-state index in [0.29, 0.717) is 3.42 Å². The third-order valence-electron chi connectivity index (χ3n) is 2.07. The summed E-state index contributed by atoms with van der Waals surface area (Å²) in [5.41, 5.74) is 1.81. The lowest BCUT2D eigenvalue weighted by molar-refractivity contribution is -0.692. The molecule has 0 saturated carbocycles. The van der Waals surface area contributed by atoms with Crippen molar-refractivity contribution in [1.82, 2.24) is 0 Å². The average Bonchev–Trinajstić information content (AvgIpc) is 1.99. The number of halogens is 1. The van der Waals surface area contributed by atoms with E-state index >= 15 is 0 Å². The number of hydrogen-bond acceptors (Lipinski definition) is 0. The van der Waals surface area contributed by atoms with Gasteiger partial charge in [-0.3, -0.25) is 0 Å². The van der Waals surface area contributed by atoms with Crippen LogP contribution >= 0.6 is 0 Å². The van der Waals surface area contributed by atoms with E-state index < -0.39 is 0 Å².